The lowest BCUT2D eigenvalue weighted by atomic mass is 10.3. The first-order valence-corrected chi connectivity index (χ1v) is 8.64. The third-order valence-electron chi connectivity index (χ3n) is 3.70. The van der Waals surface area contributed by atoms with Crippen LogP contribution in [0.2, 0.25) is 0 Å². The number of halogens is 1. The van der Waals surface area contributed by atoms with Gasteiger partial charge in [0.25, 0.3) is 5.91 Å². The summed E-state index contributed by atoms with van der Waals surface area (Å²) < 4.78 is 29.4. The molecule has 1 N–H and O–H groups in total. The Bertz CT molecular complexity index is 846. The Labute approximate surface area is 156 Å². The molecule has 3 aromatic rings. The predicted molar refractivity (Wildman–Crippen MR) is 98.3 cm³/mol. The van der Waals surface area contributed by atoms with Crippen molar-refractivity contribution in [2.75, 3.05) is 13.2 Å². The SMILES string of the molecule is O=C(NCCCOc1ccccc1)c1ccc(COc2ccc(F)cc2)o1. The first-order chi connectivity index (χ1) is 13.2. The van der Waals surface area contributed by atoms with Crippen molar-refractivity contribution in [2.45, 2.75) is 13.0 Å². The highest BCUT2D eigenvalue weighted by atomic mass is 19.1. The molecule has 1 heterocycles. The van der Waals surface area contributed by atoms with Gasteiger partial charge in [0.2, 0.25) is 0 Å². The zero-order valence-corrected chi connectivity index (χ0v) is 14.7. The number of nitrogens with one attached hydrogen (secondary N) is 1. The summed E-state index contributed by atoms with van der Waals surface area (Å²) in [6.45, 7) is 1.15. The van der Waals surface area contributed by atoms with Gasteiger partial charge in [0, 0.05) is 6.54 Å². The van der Waals surface area contributed by atoms with Gasteiger partial charge in [-0.2, -0.15) is 0 Å². The number of benzene rings is 2. The van der Waals surface area contributed by atoms with Crippen LogP contribution in [0.15, 0.2) is 71.1 Å². The van der Waals surface area contributed by atoms with Gasteiger partial charge in [0.1, 0.15) is 29.7 Å². The predicted octanol–water partition coefficient (Wildman–Crippen LogP) is 4.20. The molecule has 0 fully saturated rings. The van der Waals surface area contributed by atoms with E-state index in [2.05, 4.69) is 5.32 Å². The van der Waals surface area contributed by atoms with Crippen molar-refractivity contribution in [1.29, 1.82) is 0 Å². The number of amides is 1. The quantitative estimate of drug-likeness (QED) is 0.575. The number of hydrogen-bond donors (Lipinski definition) is 1. The molecule has 1 amide bonds. The number of carbonyl (C=O) groups excluding carboxylic acids is 1. The molecule has 0 spiro atoms. The molecule has 0 atom stereocenters. The zero-order valence-electron chi connectivity index (χ0n) is 14.7. The van der Waals surface area contributed by atoms with E-state index in [0.29, 0.717) is 31.1 Å². The van der Waals surface area contributed by atoms with Crippen LogP contribution in [0.25, 0.3) is 0 Å². The first-order valence-electron chi connectivity index (χ1n) is 8.64. The van der Waals surface area contributed by atoms with Gasteiger partial charge in [-0.3, -0.25) is 4.79 Å². The van der Waals surface area contributed by atoms with E-state index in [1.807, 2.05) is 30.3 Å². The van der Waals surface area contributed by atoms with Crippen LogP contribution in [0.4, 0.5) is 4.39 Å². The molecule has 1 aromatic heterocycles. The first kappa shape index (κ1) is 18.5. The number of hydrogen-bond acceptors (Lipinski definition) is 4. The van der Waals surface area contributed by atoms with E-state index >= 15 is 0 Å². The number of rotatable bonds is 9. The van der Waals surface area contributed by atoms with Gasteiger partial charge in [-0.15, -0.1) is 0 Å². The maximum absolute atomic E-state index is 12.9. The summed E-state index contributed by atoms with van der Waals surface area (Å²) in [6, 6.07) is 18.5. The fourth-order valence-electron chi connectivity index (χ4n) is 2.33. The van der Waals surface area contributed by atoms with Crippen molar-refractivity contribution in [1.82, 2.24) is 5.32 Å². The van der Waals surface area contributed by atoms with Crippen LogP contribution in [-0.4, -0.2) is 19.1 Å². The Morgan fingerprint density at radius 3 is 2.44 bits per heavy atom. The second kappa shape index (κ2) is 9.43. The second-order valence-corrected chi connectivity index (χ2v) is 5.78. The molecule has 0 radical (unpaired) electrons. The minimum Gasteiger partial charge on any atom is -0.494 e. The van der Waals surface area contributed by atoms with E-state index in [4.69, 9.17) is 13.9 Å². The van der Waals surface area contributed by atoms with Gasteiger partial charge >= 0.3 is 0 Å². The third kappa shape index (κ3) is 5.88. The molecule has 0 saturated heterocycles. The molecule has 0 bridgehead atoms. The standard InChI is InChI=1S/C21H20FNO4/c22-16-7-9-18(10-8-16)26-15-19-11-12-20(27-19)21(24)23-13-4-14-25-17-5-2-1-3-6-17/h1-3,5-12H,4,13-15H2,(H,23,24). The molecular weight excluding hydrogens is 349 g/mol. The van der Waals surface area contributed by atoms with Crippen molar-refractivity contribution in [3.8, 4) is 11.5 Å². The van der Waals surface area contributed by atoms with E-state index in [0.717, 1.165) is 5.75 Å². The molecule has 140 valence electrons. The summed E-state index contributed by atoms with van der Waals surface area (Å²) in [7, 11) is 0. The second-order valence-electron chi connectivity index (χ2n) is 5.78. The summed E-state index contributed by atoms with van der Waals surface area (Å²) in [5, 5.41) is 2.78. The van der Waals surface area contributed by atoms with Gasteiger partial charge in [-0.1, -0.05) is 18.2 Å². The van der Waals surface area contributed by atoms with Crippen molar-refractivity contribution >= 4 is 5.91 Å². The van der Waals surface area contributed by atoms with E-state index in [-0.39, 0.29) is 24.1 Å². The van der Waals surface area contributed by atoms with E-state index < -0.39 is 0 Å². The van der Waals surface area contributed by atoms with Crippen molar-refractivity contribution in [2.24, 2.45) is 0 Å². The highest BCUT2D eigenvalue weighted by Gasteiger charge is 2.11. The third-order valence-corrected chi connectivity index (χ3v) is 3.70. The summed E-state index contributed by atoms with van der Waals surface area (Å²) >= 11 is 0. The molecule has 0 unspecified atom stereocenters. The van der Waals surface area contributed by atoms with Gasteiger partial charge < -0.3 is 19.2 Å². The topological polar surface area (TPSA) is 60.7 Å². The van der Waals surface area contributed by atoms with Gasteiger partial charge in [-0.05, 0) is 55.0 Å². The Hall–Kier alpha value is -3.28. The minimum absolute atomic E-state index is 0.157. The molecule has 0 saturated carbocycles. The van der Waals surface area contributed by atoms with Crippen molar-refractivity contribution < 1.29 is 23.1 Å². The Morgan fingerprint density at radius 2 is 1.67 bits per heavy atom. The lowest BCUT2D eigenvalue weighted by Gasteiger charge is -2.06. The molecule has 5 nitrogen and oxygen atoms in total. The van der Waals surface area contributed by atoms with E-state index in [1.165, 1.54) is 24.3 Å². The summed E-state index contributed by atoms with van der Waals surface area (Å²) in [5.41, 5.74) is 0. The maximum Gasteiger partial charge on any atom is 0.286 e. The van der Waals surface area contributed by atoms with Crippen LogP contribution >= 0.6 is 0 Å². The van der Waals surface area contributed by atoms with Crippen LogP contribution in [0.5, 0.6) is 11.5 Å². The largest absolute Gasteiger partial charge is 0.494 e. The summed E-state index contributed by atoms with van der Waals surface area (Å²) in [4.78, 5) is 12.1. The van der Waals surface area contributed by atoms with Crippen LogP contribution in [-0.2, 0) is 6.61 Å². The average Bonchev–Trinajstić information content (AvgIpc) is 3.17. The molecule has 0 aliphatic heterocycles. The number of ether oxygens (including phenoxy) is 2. The van der Waals surface area contributed by atoms with E-state index in [1.54, 1.807) is 12.1 Å². The summed E-state index contributed by atoms with van der Waals surface area (Å²) in [6.07, 6.45) is 0.682. The lowest BCUT2D eigenvalue weighted by molar-refractivity contribution is 0.0919. The highest BCUT2D eigenvalue weighted by molar-refractivity contribution is 5.91. The van der Waals surface area contributed by atoms with Crippen molar-refractivity contribution in [3.63, 3.8) is 0 Å². The van der Waals surface area contributed by atoms with Crippen LogP contribution in [0, 0.1) is 5.82 Å². The molecule has 6 heteroatoms. The molecular formula is C21H20FNO4. The van der Waals surface area contributed by atoms with E-state index in [9.17, 15) is 9.18 Å². The van der Waals surface area contributed by atoms with Crippen LogP contribution in [0.3, 0.4) is 0 Å². The molecule has 0 aliphatic carbocycles. The fourth-order valence-corrected chi connectivity index (χ4v) is 2.33. The fraction of sp³-hybridized carbons (Fsp3) is 0.190. The molecule has 2 aromatic carbocycles. The van der Waals surface area contributed by atoms with Crippen LogP contribution < -0.4 is 14.8 Å². The number of carbonyl (C=O) groups is 1. The maximum atomic E-state index is 12.9. The summed E-state index contributed by atoms with van der Waals surface area (Å²) in [5.74, 6) is 1.45. The van der Waals surface area contributed by atoms with Gasteiger partial charge in [0.15, 0.2) is 5.76 Å². The number of furan rings is 1. The van der Waals surface area contributed by atoms with Crippen molar-refractivity contribution in [3.05, 3.63) is 84.1 Å². The molecule has 3 rings (SSSR count). The normalized spacial score (nSPS) is 10.4. The smallest absolute Gasteiger partial charge is 0.286 e. The minimum atomic E-state index is -0.325. The molecule has 27 heavy (non-hydrogen) atoms. The number of para-hydroxylation sites is 1. The molecule has 0 aliphatic rings. The zero-order chi connectivity index (χ0) is 18.9. The Balaban J connectivity index is 1.37. The Kier molecular flexibility index (Phi) is 6.46. The average molecular weight is 369 g/mol. The Morgan fingerprint density at radius 1 is 0.926 bits per heavy atom. The van der Waals surface area contributed by atoms with Gasteiger partial charge in [-0.25, -0.2) is 4.39 Å². The van der Waals surface area contributed by atoms with Gasteiger partial charge in [0.05, 0.1) is 6.61 Å². The lowest BCUT2D eigenvalue weighted by Crippen LogP contribution is -2.25. The highest BCUT2D eigenvalue weighted by Crippen LogP contribution is 2.15. The monoisotopic (exact) mass is 369 g/mol. The van der Waals surface area contributed by atoms with Crippen LogP contribution in [0.1, 0.15) is 22.7 Å².